The molecule has 116 valence electrons. The minimum atomic E-state index is -0.648. The van der Waals surface area contributed by atoms with Crippen molar-refractivity contribution in [2.75, 3.05) is 0 Å². The van der Waals surface area contributed by atoms with Crippen LogP contribution in [0.15, 0.2) is 53.1 Å². The van der Waals surface area contributed by atoms with E-state index in [4.69, 9.17) is 9.26 Å². The van der Waals surface area contributed by atoms with E-state index in [0.717, 1.165) is 11.1 Å². The van der Waals surface area contributed by atoms with Gasteiger partial charge in [-0.05, 0) is 19.1 Å². The Morgan fingerprint density at radius 2 is 2.00 bits per heavy atom. The lowest BCUT2D eigenvalue weighted by Crippen LogP contribution is -2.06. The zero-order valence-electron chi connectivity index (χ0n) is 12.4. The number of phenols is 1. The van der Waals surface area contributed by atoms with Crippen molar-refractivity contribution in [2.24, 2.45) is 0 Å². The Hall–Kier alpha value is -3.15. The van der Waals surface area contributed by atoms with Crippen LogP contribution in [0.5, 0.6) is 5.75 Å². The molecule has 0 saturated carbocycles. The van der Waals surface area contributed by atoms with Gasteiger partial charge in [-0.2, -0.15) is 4.98 Å². The molecular formula is C17H14N2O4. The summed E-state index contributed by atoms with van der Waals surface area (Å²) in [5.74, 6) is -0.166. The van der Waals surface area contributed by atoms with Crippen LogP contribution in [-0.2, 0) is 11.3 Å². The van der Waals surface area contributed by atoms with Crippen LogP contribution in [-0.4, -0.2) is 21.2 Å². The van der Waals surface area contributed by atoms with Crippen LogP contribution in [0, 0.1) is 6.92 Å². The fourth-order valence-electron chi connectivity index (χ4n) is 2.04. The summed E-state index contributed by atoms with van der Waals surface area (Å²) in [6, 6.07) is 14.0. The van der Waals surface area contributed by atoms with Gasteiger partial charge in [-0.3, -0.25) is 0 Å². The molecule has 0 saturated heterocycles. The van der Waals surface area contributed by atoms with Gasteiger partial charge < -0.3 is 14.4 Å². The molecular weight excluding hydrogens is 296 g/mol. The van der Waals surface area contributed by atoms with Crippen LogP contribution in [0.3, 0.4) is 0 Å². The summed E-state index contributed by atoms with van der Waals surface area (Å²) in [5, 5.41) is 13.5. The minimum absolute atomic E-state index is 0.104. The first-order chi connectivity index (χ1) is 11.1. The molecule has 1 aromatic heterocycles. The Morgan fingerprint density at radius 3 is 2.78 bits per heavy atom. The molecule has 0 radical (unpaired) electrons. The topological polar surface area (TPSA) is 85.5 Å². The predicted molar refractivity (Wildman–Crippen MR) is 81.7 cm³/mol. The van der Waals surface area contributed by atoms with Gasteiger partial charge in [0.05, 0.1) is 0 Å². The molecule has 0 aliphatic rings. The van der Waals surface area contributed by atoms with Crippen LogP contribution in [0.2, 0.25) is 0 Å². The van der Waals surface area contributed by atoms with Crippen molar-refractivity contribution < 1.29 is 19.2 Å². The molecule has 0 fully saturated rings. The number of carbonyl (C=O) groups is 1. The van der Waals surface area contributed by atoms with Crippen molar-refractivity contribution in [3.8, 4) is 17.1 Å². The average molecular weight is 310 g/mol. The molecule has 2 aromatic carbocycles. The van der Waals surface area contributed by atoms with E-state index in [1.165, 1.54) is 6.07 Å². The van der Waals surface area contributed by atoms with Crippen molar-refractivity contribution in [1.29, 1.82) is 0 Å². The molecule has 0 aliphatic heterocycles. The Labute approximate surface area is 132 Å². The van der Waals surface area contributed by atoms with Crippen LogP contribution in [0.1, 0.15) is 21.8 Å². The summed E-state index contributed by atoms with van der Waals surface area (Å²) in [4.78, 5) is 16.2. The van der Waals surface area contributed by atoms with Gasteiger partial charge in [0.25, 0.3) is 5.89 Å². The van der Waals surface area contributed by atoms with Gasteiger partial charge in [0.1, 0.15) is 11.3 Å². The summed E-state index contributed by atoms with van der Waals surface area (Å²) in [7, 11) is 0. The third kappa shape index (κ3) is 3.37. The number of benzene rings is 2. The van der Waals surface area contributed by atoms with Crippen molar-refractivity contribution >= 4 is 5.97 Å². The van der Waals surface area contributed by atoms with E-state index >= 15 is 0 Å². The molecule has 0 spiro atoms. The number of aryl methyl sites for hydroxylation is 1. The number of esters is 1. The molecule has 3 rings (SSSR count). The molecule has 0 amide bonds. The van der Waals surface area contributed by atoms with Gasteiger partial charge in [0.15, 0.2) is 6.61 Å². The Balaban J connectivity index is 1.68. The Bertz CT molecular complexity index is 828. The highest BCUT2D eigenvalue weighted by Crippen LogP contribution is 2.20. The van der Waals surface area contributed by atoms with Crippen molar-refractivity contribution in [1.82, 2.24) is 10.1 Å². The van der Waals surface area contributed by atoms with E-state index in [-0.39, 0.29) is 23.8 Å². The van der Waals surface area contributed by atoms with E-state index in [2.05, 4.69) is 10.1 Å². The van der Waals surface area contributed by atoms with Gasteiger partial charge in [-0.15, -0.1) is 0 Å². The van der Waals surface area contributed by atoms with Gasteiger partial charge in [0.2, 0.25) is 5.82 Å². The smallest absolute Gasteiger partial charge is 0.342 e. The number of hydrogen-bond acceptors (Lipinski definition) is 6. The van der Waals surface area contributed by atoms with E-state index in [9.17, 15) is 9.90 Å². The first kappa shape index (κ1) is 14.8. The maximum atomic E-state index is 12.0. The Kier molecular flexibility index (Phi) is 4.05. The normalized spacial score (nSPS) is 10.5. The third-order valence-electron chi connectivity index (χ3n) is 3.20. The molecule has 0 atom stereocenters. The summed E-state index contributed by atoms with van der Waals surface area (Å²) in [6.07, 6.45) is 0. The number of ether oxygens (including phenoxy) is 1. The maximum absolute atomic E-state index is 12.0. The molecule has 0 aliphatic carbocycles. The molecule has 1 heterocycles. The predicted octanol–water partition coefficient (Wildman–Crippen LogP) is 3.11. The number of aromatic hydroxyl groups is 1. The standard InChI is InChI=1S/C17H14N2O4/c1-11-7-8-14(20)13(9-11)17(21)22-10-15-18-16(19-23-15)12-5-3-2-4-6-12/h2-9,20H,10H2,1H3. The lowest BCUT2D eigenvalue weighted by Gasteiger charge is -2.05. The molecule has 0 unspecified atom stereocenters. The maximum Gasteiger partial charge on any atom is 0.342 e. The van der Waals surface area contributed by atoms with Gasteiger partial charge in [0, 0.05) is 5.56 Å². The van der Waals surface area contributed by atoms with E-state index < -0.39 is 5.97 Å². The first-order valence-electron chi connectivity index (χ1n) is 6.98. The van der Waals surface area contributed by atoms with Crippen molar-refractivity contribution in [2.45, 2.75) is 13.5 Å². The Morgan fingerprint density at radius 1 is 1.22 bits per heavy atom. The number of carbonyl (C=O) groups excluding carboxylic acids is 1. The second kappa shape index (κ2) is 6.31. The first-order valence-corrected chi connectivity index (χ1v) is 6.98. The molecule has 6 nitrogen and oxygen atoms in total. The van der Waals surface area contributed by atoms with E-state index in [0.29, 0.717) is 5.82 Å². The zero-order chi connectivity index (χ0) is 16.2. The summed E-state index contributed by atoms with van der Waals surface area (Å²) in [6.45, 7) is 1.66. The molecule has 1 N–H and O–H groups in total. The van der Waals surface area contributed by atoms with E-state index in [1.54, 1.807) is 12.1 Å². The molecule has 0 bridgehead atoms. The lowest BCUT2D eigenvalue weighted by atomic mass is 10.1. The lowest BCUT2D eigenvalue weighted by molar-refractivity contribution is 0.0426. The second-order valence-corrected chi connectivity index (χ2v) is 4.97. The second-order valence-electron chi connectivity index (χ2n) is 4.97. The van der Waals surface area contributed by atoms with Gasteiger partial charge in [-0.25, -0.2) is 4.79 Å². The summed E-state index contributed by atoms with van der Waals surface area (Å²) >= 11 is 0. The van der Waals surface area contributed by atoms with Crippen molar-refractivity contribution in [3.05, 3.63) is 65.5 Å². The number of rotatable bonds is 4. The number of hydrogen-bond donors (Lipinski definition) is 1. The number of aromatic nitrogens is 2. The van der Waals surface area contributed by atoms with Crippen LogP contribution in [0.25, 0.3) is 11.4 Å². The number of phenolic OH excluding ortho intramolecular Hbond substituents is 1. The molecule has 6 heteroatoms. The highest BCUT2D eigenvalue weighted by atomic mass is 16.6. The molecule has 23 heavy (non-hydrogen) atoms. The SMILES string of the molecule is Cc1ccc(O)c(C(=O)OCc2nc(-c3ccccc3)no2)c1. The van der Waals surface area contributed by atoms with Crippen molar-refractivity contribution in [3.63, 3.8) is 0 Å². The highest BCUT2D eigenvalue weighted by Gasteiger charge is 2.15. The van der Waals surface area contributed by atoms with Crippen LogP contribution >= 0.6 is 0 Å². The quantitative estimate of drug-likeness (QED) is 0.745. The van der Waals surface area contributed by atoms with Gasteiger partial charge >= 0.3 is 5.97 Å². The fraction of sp³-hybridized carbons (Fsp3) is 0.118. The number of nitrogens with zero attached hydrogens (tertiary/aromatic N) is 2. The average Bonchev–Trinajstić information content (AvgIpc) is 3.05. The summed E-state index contributed by atoms with van der Waals surface area (Å²) < 4.78 is 10.2. The van der Waals surface area contributed by atoms with Crippen LogP contribution < -0.4 is 0 Å². The highest BCUT2D eigenvalue weighted by molar-refractivity contribution is 5.92. The largest absolute Gasteiger partial charge is 0.507 e. The zero-order valence-corrected chi connectivity index (χ0v) is 12.4. The molecule has 3 aromatic rings. The monoisotopic (exact) mass is 310 g/mol. The minimum Gasteiger partial charge on any atom is -0.507 e. The van der Waals surface area contributed by atoms with Crippen LogP contribution in [0.4, 0.5) is 0 Å². The van der Waals surface area contributed by atoms with E-state index in [1.807, 2.05) is 37.3 Å². The third-order valence-corrected chi connectivity index (χ3v) is 3.20. The van der Waals surface area contributed by atoms with Gasteiger partial charge in [-0.1, -0.05) is 47.1 Å². The summed E-state index contributed by atoms with van der Waals surface area (Å²) in [5.41, 5.74) is 1.76. The fourth-order valence-corrected chi connectivity index (χ4v) is 2.04.